The maximum Gasteiger partial charge on any atom is 0.164 e. The summed E-state index contributed by atoms with van der Waals surface area (Å²) in [5, 5.41) is 11.8. The van der Waals surface area contributed by atoms with E-state index in [0.717, 1.165) is 60.6 Å². The van der Waals surface area contributed by atoms with Gasteiger partial charge in [0.15, 0.2) is 17.5 Å². The third kappa shape index (κ3) is 4.94. The van der Waals surface area contributed by atoms with Crippen molar-refractivity contribution in [1.82, 2.24) is 19.5 Å². The zero-order valence-electron chi connectivity index (χ0n) is 31.4. The van der Waals surface area contributed by atoms with Crippen molar-refractivity contribution in [2.24, 2.45) is 0 Å². The minimum atomic E-state index is 0.592. The Morgan fingerprint density at radius 1 is 0.373 bits per heavy atom. The van der Waals surface area contributed by atoms with Crippen LogP contribution < -0.4 is 0 Å². The van der Waals surface area contributed by atoms with Crippen molar-refractivity contribution in [3.05, 3.63) is 182 Å². The molecule has 0 saturated carbocycles. The molecule has 0 radical (unpaired) electrons. The summed E-state index contributed by atoms with van der Waals surface area (Å²) in [5.41, 5.74) is 7.76. The normalized spacial score (nSPS) is 12.1. The molecule has 13 aromatic rings. The Morgan fingerprint density at radius 2 is 1.00 bits per heavy atom. The zero-order chi connectivity index (χ0) is 38.6. The summed E-state index contributed by atoms with van der Waals surface area (Å²) in [6.07, 6.45) is 0. The fourth-order valence-corrected chi connectivity index (χ4v) is 10.2. The van der Waals surface area contributed by atoms with Crippen LogP contribution >= 0.6 is 11.3 Å². The Balaban J connectivity index is 1.02. The monoisotopic (exact) mass is 770 g/mol. The van der Waals surface area contributed by atoms with Crippen LogP contribution in [0.15, 0.2) is 186 Å². The first-order valence-corrected chi connectivity index (χ1v) is 20.6. The van der Waals surface area contributed by atoms with Crippen molar-refractivity contribution in [2.75, 3.05) is 0 Å². The van der Waals surface area contributed by atoms with E-state index >= 15 is 0 Å². The molecule has 0 saturated heterocycles. The Hall–Kier alpha value is -7.67. The minimum absolute atomic E-state index is 0.592. The van der Waals surface area contributed by atoms with Crippen LogP contribution in [-0.2, 0) is 0 Å². The lowest BCUT2D eigenvalue weighted by molar-refractivity contribution is 0.669. The Labute approximate surface area is 341 Å². The zero-order valence-corrected chi connectivity index (χ0v) is 32.2. The largest absolute Gasteiger partial charge is 0.456 e. The van der Waals surface area contributed by atoms with E-state index in [2.05, 4.69) is 156 Å². The van der Waals surface area contributed by atoms with Crippen LogP contribution in [0.2, 0.25) is 0 Å². The maximum absolute atomic E-state index is 6.88. The third-order valence-corrected chi connectivity index (χ3v) is 13.0. The summed E-state index contributed by atoms with van der Waals surface area (Å²) < 4.78 is 11.8. The number of thiophene rings is 1. The molecular formula is C53H30N4OS. The molecule has 4 heterocycles. The van der Waals surface area contributed by atoms with Crippen LogP contribution in [0.4, 0.5) is 0 Å². The molecule has 0 aliphatic rings. The van der Waals surface area contributed by atoms with Gasteiger partial charge in [-0.05, 0) is 70.8 Å². The summed E-state index contributed by atoms with van der Waals surface area (Å²) in [6.45, 7) is 0. The first kappa shape index (κ1) is 32.4. The van der Waals surface area contributed by atoms with Gasteiger partial charge in [-0.3, -0.25) is 0 Å². The molecule has 9 aromatic carbocycles. The average molecular weight is 771 g/mol. The van der Waals surface area contributed by atoms with E-state index in [4.69, 9.17) is 19.4 Å². The van der Waals surface area contributed by atoms with Crippen molar-refractivity contribution in [1.29, 1.82) is 0 Å². The molecule has 59 heavy (non-hydrogen) atoms. The van der Waals surface area contributed by atoms with E-state index in [1.54, 1.807) is 11.3 Å². The van der Waals surface area contributed by atoms with Crippen LogP contribution in [0.1, 0.15) is 0 Å². The molecule has 0 spiro atoms. The number of para-hydroxylation sites is 1. The van der Waals surface area contributed by atoms with E-state index in [9.17, 15) is 0 Å². The van der Waals surface area contributed by atoms with Gasteiger partial charge in [0, 0.05) is 69.9 Å². The highest BCUT2D eigenvalue weighted by molar-refractivity contribution is 7.25. The van der Waals surface area contributed by atoms with E-state index in [1.807, 2.05) is 30.3 Å². The Morgan fingerprint density at radius 3 is 1.83 bits per heavy atom. The van der Waals surface area contributed by atoms with Crippen molar-refractivity contribution in [2.45, 2.75) is 0 Å². The number of fused-ring (bicyclic) bond motifs is 12. The summed E-state index contributed by atoms with van der Waals surface area (Å²) in [6, 6.07) is 64.4. The number of hydrogen-bond acceptors (Lipinski definition) is 5. The van der Waals surface area contributed by atoms with Gasteiger partial charge in [0.25, 0.3) is 0 Å². The fraction of sp³-hybridized carbons (Fsp3) is 0. The number of furan rings is 1. The molecule has 4 aromatic heterocycles. The maximum atomic E-state index is 6.88. The molecule has 13 rings (SSSR count). The summed E-state index contributed by atoms with van der Waals surface area (Å²) in [5.74, 6) is 1.85. The number of nitrogens with zero attached hydrogens (tertiary/aromatic N) is 4. The second-order valence-electron chi connectivity index (χ2n) is 15.2. The van der Waals surface area contributed by atoms with Gasteiger partial charge in [0.1, 0.15) is 11.2 Å². The molecule has 0 aliphatic heterocycles. The fourth-order valence-electron chi connectivity index (χ4n) is 9.08. The van der Waals surface area contributed by atoms with Gasteiger partial charge in [-0.15, -0.1) is 11.3 Å². The highest BCUT2D eigenvalue weighted by Crippen LogP contribution is 2.43. The SMILES string of the molecule is c1ccc(-c2nc(-c3ccc4c(c3)oc3cc(-n5c6ccccc6c6cc7ccccc7cc65)c5ccccc5c34)nc(-c3ccc4sc5ccccc5c4c3)n2)cc1. The Bertz CT molecular complexity index is 3860. The standard InChI is InChI=1S/C53H30N4OS/c1-2-12-31(13-3-1)51-54-52(34-23-25-49-42(27-34)38-18-9-11-21-48(38)59-49)56-53(55-51)35-22-24-40-46(29-35)58-47-30-45(36-16-6-7-19-39(36)50(40)47)57-43-20-10-8-17-37(43)41-26-32-14-4-5-15-33(32)28-44(41)57/h1-30H. The van der Waals surface area contributed by atoms with Gasteiger partial charge in [-0.1, -0.05) is 121 Å². The van der Waals surface area contributed by atoms with Crippen LogP contribution in [0.3, 0.4) is 0 Å². The van der Waals surface area contributed by atoms with Crippen LogP contribution in [0.25, 0.3) is 125 Å². The number of aromatic nitrogens is 4. The smallest absolute Gasteiger partial charge is 0.164 e. The average Bonchev–Trinajstić information content (AvgIpc) is 3.97. The molecule has 0 aliphatic carbocycles. The molecule has 6 heteroatoms. The van der Waals surface area contributed by atoms with Gasteiger partial charge in [0.05, 0.1) is 16.7 Å². The molecule has 0 N–H and O–H groups in total. The predicted octanol–water partition coefficient (Wildman–Crippen LogP) is 14.5. The molecule has 0 atom stereocenters. The highest BCUT2D eigenvalue weighted by Gasteiger charge is 2.21. The first-order valence-electron chi connectivity index (χ1n) is 19.8. The van der Waals surface area contributed by atoms with Crippen LogP contribution in [-0.4, -0.2) is 19.5 Å². The van der Waals surface area contributed by atoms with Crippen LogP contribution in [0.5, 0.6) is 0 Å². The van der Waals surface area contributed by atoms with Crippen molar-refractivity contribution in [3.8, 4) is 39.9 Å². The van der Waals surface area contributed by atoms with E-state index in [-0.39, 0.29) is 0 Å². The number of hydrogen-bond donors (Lipinski definition) is 0. The number of rotatable bonds is 4. The van der Waals surface area contributed by atoms with Crippen molar-refractivity contribution < 1.29 is 4.42 Å². The minimum Gasteiger partial charge on any atom is -0.456 e. The lowest BCUT2D eigenvalue weighted by Crippen LogP contribution is -2.00. The molecule has 274 valence electrons. The quantitative estimate of drug-likeness (QED) is 0.179. The van der Waals surface area contributed by atoms with Gasteiger partial charge in [-0.25, -0.2) is 15.0 Å². The lowest BCUT2D eigenvalue weighted by Gasteiger charge is -2.13. The lowest BCUT2D eigenvalue weighted by atomic mass is 10.0. The van der Waals surface area contributed by atoms with E-state index in [1.165, 1.54) is 47.2 Å². The van der Waals surface area contributed by atoms with Crippen molar-refractivity contribution >= 4 is 96.8 Å². The van der Waals surface area contributed by atoms with E-state index in [0.29, 0.717) is 17.5 Å². The van der Waals surface area contributed by atoms with Crippen molar-refractivity contribution in [3.63, 3.8) is 0 Å². The van der Waals surface area contributed by atoms with Gasteiger partial charge in [0.2, 0.25) is 0 Å². The third-order valence-electron chi connectivity index (χ3n) is 11.8. The molecule has 0 unspecified atom stereocenters. The first-order chi connectivity index (χ1) is 29.2. The molecule has 0 amide bonds. The van der Waals surface area contributed by atoms with E-state index < -0.39 is 0 Å². The predicted molar refractivity (Wildman–Crippen MR) is 246 cm³/mol. The van der Waals surface area contributed by atoms with Gasteiger partial charge in [-0.2, -0.15) is 0 Å². The summed E-state index contributed by atoms with van der Waals surface area (Å²) in [7, 11) is 0. The second kappa shape index (κ2) is 12.4. The van der Waals surface area contributed by atoms with Gasteiger partial charge >= 0.3 is 0 Å². The molecule has 0 fully saturated rings. The molecular weight excluding hydrogens is 741 g/mol. The number of benzene rings is 9. The molecule has 5 nitrogen and oxygen atoms in total. The molecule has 0 bridgehead atoms. The highest BCUT2D eigenvalue weighted by atomic mass is 32.1. The van der Waals surface area contributed by atoms with Gasteiger partial charge < -0.3 is 8.98 Å². The van der Waals surface area contributed by atoms with Crippen LogP contribution in [0, 0.1) is 0 Å². The Kier molecular flexibility index (Phi) is 6.82. The summed E-state index contributed by atoms with van der Waals surface area (Å²) in [4.78, 5) is 15.3. The summed E-state index contributed by atoms with van der Waals surface area (Å²) >= 11 is 1.80. The topological polar surface area (TPSA) is 56.7 Å². The second-order valence-corrected chi connectivity index (χ2v) is 16.3.